The third-order valence-corrected chi connectivity index (χ3v) is 21.3. The minimum Gasteiger partial charge on any atom is -0.497 e. The number of carbonyl (C=O) groups excluding carboxylic acids is 9. The molecule has 4 fully saturated rings. The largest absolute Gasteiger partial charge is 0.497 e. The number of hydrogen-bond donors (Lipinski definition) is 5. The molecule has 2 aliphatic carbocycles. The van der Waals surface area contributed by atoms with Gasteiger partial charge in [0, 0.05) is 47.4 Å². The van der Waals surface area contributed by atoms with E-state index in [-0.39, 0.29) is 90.8 Å². The molecule has 2 aromatic heterocycles. The molecule has 4 aromatic rings. The number of amides is 6. The minimum atomic E-state index is -5.27. The maximum atomic E-state index is 15.9. The van der Waals surface area contributed by atoms with Crippen molar-refractivity contribution in [2.75, 3.05) is 40.0 Å². The summed E-state index contributed by atoms with van der Waals surface area (Å²) in [4.78, 5) is 142. The number of hydrogen-bond acceptors (Lipinski definition) is 20. The molecule has 8 aliphatic rings. The molecule has 2 saturated carbocycles. The van der Waals surface area contributed by atoms with Gasteiger partial charge in [0.25, 0.3) is 0 Å². The Balaban J connectivity index is 0.894. The smallest absolute Gasteiger partial charge is 0.437 e. The quantitative estimate of drug-likeness (QED) is 0.0426. The molecule has 2 spiro atoms. The van der Waals surface area contributed by atoms with Crippen LogP contribution in [-0.4, -0.2) is 176 Å². The summed E-state index contributed by atoms with van der Waals surface area (Å²) in [7, 11) is 1.32. The van der Waals surface area contributed by atoms with Crippen LogP contribution in [0.4, 0.5) is 35.9 Å². The van der Waals surface area contributed by atoms with Gasteiger partial charge in [-0.15, -0.1) is 0 Å². The molecular formula is C77H92F6N8O18. The fraction of sp³-hybridized carbons (Fsp3) is 0.597. The zero-order valence-corrected chi connectivity index (χ0v) is 62.4. The molecule has 4 unspecified atom stereocenters. The Bertz CT molecular complexity index is 4380. The highest BCUT2D eigenvalue weighted by molar-refractivity contribution is 6.12. The third kappa shape index (κ3) is 16.4. The highest BCUT2D eigenvalue weighted by Gasteiger charge is 2.66. The second-order valence-electron chi connectivity index (χ2n) is 32.1. The number of aliphatic hydroxyl groups is 1. The van der Waals surface area contributed by atoms with E-state index in [9.17, 15) is 29.1 Å². The van der Waals surface area contributed by atoms with Crippen LogP contribution in [0.1, 0.15) is 186 Å². The summed E-state index contributed by atoms with van der Waals surface area (Å²) in [5.74, 6) is -9.63. The van der Waals surface area contributed by atoms with Crippen molar-refractivity contribution < 1.29 is 112 Å². The molecule has 0 radical (unpaired) electrons. The normalized spacial score (nSPS) is 30.1. The molecule has 12 rings (SSSR count). The molecule has 26 nitrogen and oxygen atoms in total. The number of pyridine rings is 2. The zero-order chi connectivity index (χ0) is 78.9. The predicted octanol–water partition coefficient (Wildman–Crippen LogP) is 10.5. The highest BCUT2D eigenvalue weighted by Crippen LogP contribution is 2.56. The van der Waals surface area contributed by atoms with Crippen molar-refractivity contribution in [2.24, 2.45) is 17.8 Å². The second-order valence-corrected chi connectivity index (χ2v) is 32.1. The lowest BCUT2D eigenvalue weighted by Crippen LogP contribution is -2.57. The predicted molar refractivity (Wildman–Crippen MR) is 376 cm³/mol. The molecule has 6 amide bonds. The second kappa shape index (κ2) is 29.4. The molecule has 2 saturated heterocycles. The number of allylic oxidation sites excluding steroid dienone is 2. The number of aromatic nitrogens is 2. The van der Waals surface area contributed by atoms with Crippen LogP contribution in [0.2, 0.25) is 0 Å². The Kier molecular flexibility index (Phi) is 21.3. The van der Waals surface area contributed by atoms with Gasteiger partial charge in [0.1, 0.15) is 69.1 Å². The molecule has 109 heavy (non-hydrogen) atoms. The number of Topliss-reactive ketones (excluding diaryl/α,β-unsaturated/α-hetero) is 1. The molecule has 2 aromatic carbocycles. The van der Waals surface area contributed by atoms with Crippen molar-refractivity contribution in [3.05, 3.63) is 83.2 Å². The van der Waals surface area contributed by atoms with Crippen molar-refractivity contribution in [1.29, 1.82) is 0 Å². The average molecular weight is 1530 g/mol. The van der Waals surface area contributed by atoms with E-state index in [0.29, 0.717) is 38.5 Å². The van der Waals surface area contributed by atoms with Crippen molar-refractivity contribution in [3.8, 4) is 23.0 Å². The maximum Gasteiger partial charge on any atom is 0.437 e. The lowest BCUT2D eigenvalue weighted by molar-refractivity contribution is -0.150. The molecule has 12 atom stereocenters. The number of halogens is 6. The van der Waals surface area contributed by atoms with Gasteiger partial charge >= 0.3 is 36.5 Å². The zero-order valence-electron chi connectivity index (χ0n) is 62.4. The monoisotopic (exact) mass is 1530 g/mol. The van der Waals surface area contributed by atoms with Gasteiger partial charge in [-0.2, -0.15) is 26.3 Å². The topological polar surface area (TPSA) is 328 Å². The van der Waals surface area contributed by atoms with E-state index >= 15 is 45.5 Å². The first-order chi connectivity index (χ1) is 51.1. The van der Waals surface area contributed by atoms with E-state index in [4.69, 9.17) is 37.9 Å². The van der Waals surface area contributed by atoms with Gasteiger partial charge in [0.2, 0.25) is 23.6 Å². The Hall–Kier alpha value is -9.49. The van der Waals surface area contributed by atoms with Crippen molar-refractivity contribution in [1.82, 2.24) is 41.0 Å². The Morgan fingerprint density at radius 3 is 1.71 bits per heavy atom. The first-order valence-electron chi connectivity index (χ1n) is 37.0. The van der Waals surface area contributed by atoms with Gasteiger partial charge in [0.15, 0.2) is 28.7 Å². The summed E-state index contributed by atoms with van der Waals surface area (Å²) in [5.41, 5.74) is -16.2. The highest BCUT2D eigenvalue weighted by atomic mass is 19.4. The number of fused-ring (bicyclic) bond motifs is 10. The van der Waals surface area contributed by atoms with Gasteiger partial charge in [-0.3, -0.25) is 24.0 Å². The molecule has 8 heterocycles. The van der Waals surface area contributed by atoms with Crippen LogP contribution in [0.15, 0.2) is 60.7 Å². The maximum absolute atomic E-state index is 15.9. The molecule has 32 heteroatoms. The van der Waals surface area contributed by atoms with Gasteiger partial charge in [0.05, 0.1) is 68.6 Å². The van der Waals surface area contributed by atoms with Crippen molar-refractivity contribution in [3.63, 3.8) is 0 Å². The van der Waals surface area contributed by atoms with Gasteiger partial charge in [-0.05, 0) is 162 Å². The van der Waals surface area contributed by atoms with E-state index < -0.39 is 214 Å². The molecular weight excluding hydrogens is 1440 g/mol. The Morgan fingerprint density at radius 1 is 0.642 bits per heavy atom. The lowest BCUT2D eigenvalue weighted by Gasteiger charge is -2.44. The summed E-state index contributed by atoms with van der Waals surface area (Å²) in [6.45, 7) is 12.2. The number of rotatable bonds is 10. The fourth-order valence-corrected chi connectivity index (χ4v) is 16.3. The number of nitrogens with one attached hydrogen (secondary N) is 4. The first kappa shape index (κ1) is 79.1. The number of methoxy groups -OCH3 is 1. The number of alkyl carbamates (subject to hydrolysis) is 2. The molecule has 5 N–H and O–H groups in total. The van der Waals surface area contributed by atoms with E-state index in [2.05, 4.69) is 31.2 Å². The third-order valence-electron chi connectivity index (χ3n) is 21.3. The lowest BCUT2D eigenvalue weighted by atomic mass is 9.77. The number of nitrogens with zero attached hydrogens (tertiary/aromatic N) is 4. The van der Waals surface area contributed by atoms with E-state index in [0.717, 1.165) is 9.80 Å². The summed E-state index contributed by atoms with van der Waals surface area (Å²) >= 11 is 0. The average Bonchev–Trinajstić information content (AvgIpc) is 1.71. The Morgan fingerprint density at radius 2 is 1.15 bits per heavy atom. The molecule has 0 bridgehead atoms. The summed E-state index contributed by atoms with van der Waals surface area (Å²) in [5, 5.41) is 23.9. The summed E-state index contributed by atoms with van der Waals surface area (Å²) in [6.07, 6.45) is -4.52. The van der Waals surface area contributed by atoms with Crippen molar-refractivity contribution >= 4 is 75.3 Å². The first-order valence-corrected chi connectivity index (χ1v) is 37.0. The van der Waals surface area contributed by atoms with Crippen LogP contribution in [0, 0.1) is 17.8 Å². The number of ether oxygens (including phenoxy) is 8. The number of ketones is 1. The van der Waals surface area contributed by atoms with Crippen LogP contribution in [0.5, 0.6) is 23.0 Å². The SMILES string of the molecule is CCOC(=O)[C@@]12CC1/C=C\CCCC(COc1ccc3nc(C(F)(F)F)c4c(c3c1)C(C)(O)C[C@]1(C[C@H]3C(=O)N[C@]5(C(=O)OCC)CC5/C=C\CCCCC[C@H](NC(=O)OC(C)(C)C)C(=O)N3C1)O4)C[C@H](NC(=O)OC(C)(C)C)C(=O)N1C[C@@]3(CC(=O)c4c(c(C(F)(F)F)nc5ccc(OC)cc45)O3)C[C@H]1C(=O)N2. The summed E-state index contributed by atoms with van der Waals surface area (Å²) < 4.78 is 140. The van der Waals surface area contributed by atoms with E-state index in [1.807, 2.05) is 12.2 Å². The van der Waals surface area contributed by atoms with Crippen LogP contribution in [0.25, 0.3) is 21.8 Å². The number of esters is 2. The van der Waals surface area contributed by atoms with Gasteiger partial charge < -0.3 is 74.1 Å². The van der Waals surface area contributed by atoms with Crippen LogP contribution in [0.3, 0.4) is 0 Å². The Labute approximate surface area is 624 Å². The summed E-state index contributed by atoms with van der Waals surface area (Å²) in [6, 6.07) is 1.60. The number of benzene rings is 2. The standard InChI is InChI=1S/C77H92F6N8O18/c1-11-103-65(97)74-32-42(74)22-18-14-13-15-20-24-50(86-67(99)108-69(3,4)5)63(95)91-40-73(35-53(91)62(94)89-74)38-71(9,101)56-47-31-45(26-28-49(47)85-60(58(56)107-73)77(81,82)83)105-37-41-21-17-16-19-23-43-33-75(43,66(98)104-12-2)88-61(93)52-34-72(39-90(52)64(96)51(29-41)87-68(100)109-70(6,7)8)36-54(92)55-46-30-44(102-10)25-27-48(46)84-59(57(55)106-72)76(78,79)80/h18-19,22-23,25-28,30-31,41-43,50-53,101H,11-17,20-21,24,29,32-40H2,1-10H3,(H,86,99)(H,87,100)(H,88,93)(H,89,94)/b22-18-,23-19-/t41?,42?,43?,50-,51-,52-,53-,71?,72-,73-,74+,75+/m0/s1. The minimum absolute atomic E-state index is 0.00646. The number of carbonyl (C=O) groups is 9. The fourth-order valence-electron chi connectivity index (χ4n) is 16.3. The number of alkyl halides is 6. The van der Waals surface area contributed by atoms with E-state index in [1.165, 1.54) is 50.4 Å². The van der Waals surface area contributed by atoms with Gasteiger partial charge in [-0.1, -0.05) is 37.1 Å². The van der Waals surface area contributed by atoms with Crippen LogP contribution < -0.4 is 40.2 Å². The van der Waals surface area contributed by atoms with Crippen LogP contribution in [-0.2, 0) is 65.7 Å². The molecule has 590 valence electrons. The molecule has 6 aliphatic heterocycles. The van der Waals surface area contributed by atoms with Gasteiger partial charge in [-0.25, -0.2) is 29.1 Å². The van der Waals surface area contributed by atoms with Crippen molar-refractivity contribution in [2.45, 2.75) is 234 Å². The van der Waals surface area contributed by atoms with E-state index in [1.54, 1.807) is 67.5 Å². The van der Waals surface area contributed by atoms with Crippen LogP contribution >= 0.6 is 0 Å².